The number of hydrogen-bond acceptors (Lipinski definition) is 4. The lowest BCUT2D eigenvalue weighted by atomic mass is 10.1. The van der Waals surface area contributed by atoms with Crippen molar-refractivity contribution in [1.29, 1.82) is 0 Å². The molecule has 1 aliphatic heterocycles. The van der Waals surface area contributed by atoms with E-state index in [4.69, 9.17) is 4.74 Å². The minimum absolute atomic E-state index is 0.0471. The van der Waals surface area contributed by atoms with Gasteiger partial charge < -0.3 is 10.1 Å². The summed E-state index contributed by atoms with van der Waals surface area (Å²) in [6.07, 6.45) is 0.278. The molecule has 0 radical (unpaired) electrons. The van der Waals surface area contributed by atoms with E-state index in [1.165, 1.54) is 22.5 Å². The van der Waals surface area contributed by atoms with Gasteiger partial charge in [-0.3, -0.25) is 4.79 Å². The number of hydrogen-bond donors (Lipinski definition) is 1. The van der Waals surface area contributed by atoms with Gasteiger partial charge in [-0.05, 0) is 42.3 Å². The van der Waals surface area contributed by atoms with Gasteiger partial charge in [0.2, 0.25) is 15.9 Å². The lowest BCUT2D eigenvalue weighted by Gasteiger charge is -2.26. The van der Waals surface area contributed by atoms with E-state index in [1.807, 2.05) is 0 Å². The molecule has 0 bridgehead atoms. The highest BCUT2D eigenvalue weighted by atomic mass is 32.2. The van der Waals surface area contributed by atoms with Gasteiger partial charge in [0.25, 0.3) is 0 Å². The van der Waals surface area contributed by atoms with Crippen molar-refractivity contribution < 1.29 is 26.7 Å². The molecule has 0 aromatic heterocycles. The Balaban J connectivity index is 1.63. The van der Waals surface area contributed by atoms with E-state index in [-0.39, 0.29) is 36.7 Å². The van der Waals surface area contributed by atoms with Crippen LogP contribution in [0.25, 0.3) is 0 Å². The molecule has 1 N–H and O–H groups in total. The molecule has 0 aliphatic carbocycles. The quantitative estimate of drug-likeness (QED) is 0.794. The lowest BCUT2D eigenvalue weighted by Crippen LogP contribution is -2.40. The van der Waals surface area contributed by atoms with Crippen LogP contribution in [0.5, 0.6) is 0 Å². The van der Waals surface area contributed by atoms with E-state index in [1.54, 1.807) is 12.1 Å². The Morgan fingerprint density at radius 3 is 2.54 bits per heavy atom. The van der Waals surface area contributed by atoms with Crippen molar-refractivity contribution in [2.45, 2.75) is 17.7 Å². The highest BCUT2D eigenvalue weighted by Crippen LogP contribution is 2.21. The number of nitrogens with zero attached hydrogens (tertiary/aromatic N) is 1. The monoisotopic (exact) mass is 410 g/mol. The molecule has 28 heavy (non-hydrogen) atoms. The first-order valence-electron chi connectivity index (χ1n) is 8.78. The molecule has 9 heteroatoms. The number of benzene rings is 2. The van der Waals surface area contributed by atoms with Crippen LogP contribution in [-0.4, -0.2) is 44.9 Å². The maximum atomic E-state index is 13.2. The van der Waals surface area contributed by atoms with Crippen LogP contribution in [0.2, 0.25) is 0 Å². The molecule has 1 saturated heterocycles. The Labute approximate surface area is 162 Å². The predicted molar refractivity (Wildman–Crippen MR) is 99.3 cm³/mol. The van der Waals surface area contributed by atoms with Gasteiger partial charge in [0.15, 0.2) is 11.6 Å². The molecule has 1 aliphatic rings. The smallest absolute Gasteiger partial charge is 0.243 e. The molecule has 6 nitrogen and oxygen atoms in total. The van der Waals surface area contributed by atoms with Crippen molar-refractivity contribution in [2.24, 2.45) is 0 Å². The largest absolute Gasteiger partial charge is 0.379 e. The summed E-state index contributed by atoms with van der Waals surface area (Å²) in [4.78, 5) is 12.2. The molecular formula is C19H20F2N2O4S. The van der Waals surface area contributed by atoms with Crippen LogP contribution in [0.1, 0.15) is 12.0 Å². The first-order valence-corrected chi connectivity index (χ1v) is 10.2. The van der Waals surface area contributed by atoms with Crippen LogP contribution in [0.4, 0.5) is 14.5 Å². The summed E-state index contributed by atoms with van der Waals surface area (Å²) < 4.78 is 58.1. The molecule has 0 saturated carbocycles. The van der Waals surface area contributed by atoms with E-state index in [9.17, 15) is 22.0 Å². The standard InChI is InChI=1S/C19H20F2N2O4S/c20-17-6-4-14(12-18(17)21)5-7-19(24)22-15-2-1-3-16(13-15)28(25,26)23-8-10-27-11-9-23/h1-4,6,12-13H,5,7-11H2,(H,22,24). The van der Waals surface area contributed by atoms with Gasteiger partial charge in [0.1, 0.15) is 0 Å². The number of nitrogens with one attached hydrogen (secondary N) is 1. The van der Waals surface area contributed by atoms with E-state index < -0.39 is 21.7 Å². The van der Waals surface area contributed by atoms with Crippen molar-refractivity contribution in [3.63, 3.8) is 0 Å². The summed E-state index contributed by atoms with van der Waals surface area (Å²) >= 11 is 0. The van der Waals surface area contributed by atoms with Crippen molar-refractivity contribution >= 4 is 21.6 Å². The maximum Gasteiger partial charge on any atom is 0.243 e. The van der Waals surface area contributed by atoms with Crippen LogP contribution in [0.3, 0.4) is 0 Å². The molecule has 1 amide bonds. The first-order chi connectivity index (χ1) is 13.4. The summed E-state index contributed by atoms with van der Waals surface area (Å²) in [7, 11) is -3.66. The highest BCUT2D eigenvalue weighted by molar-refractivity contribution is 7.89. The van der Waals surface area contributed by atoms with E-state index >= 15 is 0 Å². The topological polar surface area (TPSA) is 75.7 Å². The van der Waals surface area contributed by atoms with E-state index in [0.29, 0.717) is 24.5 Å². The van der Waals surface area contributed by atoms with Crippen LogP contribution in [-0.2, 0) is 26.0 Å². The minimum Gasteiger partial charge on any atom is -0.379 e. The molecule has 2 aromatic rings. The Morgan fingerprint density at radius 1 is 1.07 bits per heavy atom. The average molecular weight is 410 g/mol. The summed E-state index contributed by atoms with van der Waals surface area (Å²) in [5.41, 5.74) is 0.849. The SMILES string of the molecule is O=C(CCc1ccc(F)c(F)c1)Nc1cccc(S(=O)(=O)N2CCOCC2)c1. The number of rotatable bonds is 6. The van der Waals surface area contributed by atoms with Crippen LogP contribution in [0.15, 0.2) is 47.4 Å². The molecule has 0 spiro atoms. The second kappa shape index (κ2) is 8.76. The zero-order chi connectivity index (χ0) is 20.1. The number of carbonyl (C=O) groups excluding carboxylic acids is 1. The number of ether oxygens (including phenoxy) is 1. The highest BCUT2D eigenvalue weighted by Gasteiger charge is 2.26. The van der Waals surface area contributed by atoms with Crippen molar-refractivity contribution in [3.8, 4) is 0 Å². The molecule has 3 rings (SSSR count). The molecule has 150 valence electrons. The fraction of sp³-hybridized carbons (Fsp3) is 0.316. The molecule has 1 fully saturated rings. The number of halogens is 2. The summed E-state index contributed by atoms with van der Waals surface area (Å²) in [5, 5.41) is 2.64. The van der Waals surface area contributed by atoms with Gasteiger partial charge in [0, 0.05) is 25.2 Å². The Bertz CT molecular complexity index is 960. The average Bonchev–Trinajstić information content (AvgIpc) is 2.70. The maximum absolute atomic E-state index is 13.2. The van der Waals surface area contributed by atoms with Gasteiger partial charge in [-0.1, -0.05) is 12.1 Å². The van der Waals surface area contributed by atoms with Crippen molar-refractivity contribution in [2.75, 3.05) is 31.6 Å². The second-order valence-electron chi connectivity index (χ2n) is 6.34. The Morgan fingerprint density at radius 2 is 1.82 bits per heavy atom. The third kappa shape index (κ3) is 4.92. The third-order valence-corrected chi connectivity index (χ3v) is 6.25. The minimum atomic E-state index is -3.66. The molecule has 0 unspecified atom stereocenters. The summed E-state index contributed by atoms with van der Waals surface area (Å²) in [6.45, 7) is 1.26. The second-order valence-corrected chi connectivity index (χ2v) is 8.28. The van der Waals surface area contributed by atoms with Gasteiger partial charge in [-0.25, -0.2) is 17.2 Å². The molecular weight excluding hydrogens is 390 g/mol. The van der Waals surface area contributed by atoms with E-state index in [2.05, 4.69) is 5.32 Å². The van der Waals surface area contributed by atoms with Crippen molar-refractivity contribution in [3.05, 3.63) is 59.7 Å². The van der Waals surface area contributed by atoms with Gasteiger partial charge in [-0.15, -0.1) is 0 Å². The zero-order valence-electron chi connectivity index (χ0n) is 15.0. The zero-order valence-corrected chi connectivity index (χ0v) is 15.8. The van der Waals surface area contributed by atoms with Gasteiger partial charge in [0.05, 0.1) is 18.1 Å². The molecule has 0 atom stereocenters. The molecule has 2 aromatic carbocycles. The Kier molecular flexibility index (Phi) is 6.38. The fourth-order valence-electron chi connectivity index (χ4n) is 2.85. The molecule has 1 heterocycles. The van der Waals surface area contributed by atoms with Crippen LogP contribution in [0, 0.1) is 11.6 Å². The number of anilines is 1. The summed E-state index contributed by atoms with van der Waals surface area (Å²) in [6, 6.07) is 9.51. The van der Waals surface area contributed by atoms with Crippen LogP contribution >= 0.6 is 0 Å². The summed E-state index contributed by atoms with van der Waals surface area (Å²) in [5.74, 6) is -2.25. The number of morpholine rings is 1. The number of aryl methyl sites for hydroxylation is 1. The normalized spacial score (nSPS) is 15.4. The Hall–Kier alpha value is -2.36. The number of carbonyl (C=O) groups is 1. The third-order valence-electron chi connectivity index (χ3n) is 4.35. The van der Waals surface area contributed by atoms with Gasteiger partial charge in [-0.2, -0.15) is 4.31 Å². The fourth-order valence-corrected chi connectivity index (χ4v) is 4.30. The van der Waals surface area contributed by atoms with Crippen LogP contribution < -0.4 is 5.32 Å². The number of amides is 1. The van der Waals surface area contributed by atoms with Crippen molar-refractivity contribution in [1.82, 2.24) is 4.31 Å². The first kappa shape index (κ1) is 20.4. The number of sulfonamides is 1. The predicted octanol–water partition coefficient (Wildman–Crippen LogP) is 2.56. The lowest BCUT2D eigenvalue weighted by molar-refractivity contribution is -0.116. The van der Waals surface area contributed by atoms with E-state index in [0.717, 1.165) is 12.1 Å². The van der Waals surface area contributed by atoms with Gasteiger partial charge >= 0.3 is 0 Å².